The predicted octanol–water partition coefficient (Wildman–Crippen LogP) is 2.77. The van der Waals surface area contributed by atoms with Crippen LogP contribution >= 0.6 is 15.9 Å². The molecule has 1 aliphatic carbocycles. The van der Waals surface area contributed by atoms with Gasteiger partial charge in [0.15, 0.2) is 0 Å². The van der Waals surface area contributed by atoms with E-state index in [0.29, 0.717) is 16.3 Å². The Hall–Kier alpha value is -0.900. The number of amides is 1. The summed E-state index contributed by atoms with van der Waals surface area (Å²) in [6, 6.07) is 3.57. The molecule has 0 bridgehead atoms. The van der Waals surface area contributed by atoms with Gasteiger partial charge in [0.1, 0.15) is 0 Å². The van der Waals surface area contributed by atoms with Gasteiger partial charge in [0, 0.05) is 23.8 Å². The Balaban J connectivity index is 1.80. The van der Waals surface area contributed by atoms with Crippen LogP contribution < -0.4 is 5.32 Å². The van der Waals surface area contributed by atoms with Crippen LogP contribution in [0.25, 0.3) is 0 Å². The van der Waals surface area contributed by atoms with Crippen molar-refractivity contribution in [1.29, 1.82) is 0 Å². The molecule has 2 rings (SSSR count). The van der Waals surface area contributed by atoms with Crippen LogP contribution in [0.15, 0.2) is 24.5 Å². The van der Waals surface area contributed by atoms with Crippen LogP contribution in [-0.2, 0) is 0 Å². The summed E-state index contributed by atoms with van der Waals surface area (Å²) in [6.07, 6.45) is 8.16. The second-order valence-electron chi connectivity index (χ2n) is 4.58. The third-order valence-corrected chi connectivity index (χ3v) is 4.03. The second kappa shape index (κ2) is 6.15. The lowest BCUT2D eigenvalue weighted by Crippen LogP contribution is -2.31. The van der Waals surface area contributed by atoms with Gasteiger partial charge in [0.2, 0.25) is 0 Å². The molecule has 1 aliphatic rings. The SMILES string of the molecule is O=C(NCC1CCCC(Br)C1)c1cccnc1. The van der Waals surface area contributed by atoms with Crippen molar-refractivity contribution in [3.05, 3.63) is 30.1 Å². The van der Waals surface area contributed by atoms with E-state index in [2.05, 4.69) is 26.2 Å². The average Bonchev–Trinajstić information content (AvgIpc) is 2.37. The van der Waals surface area contributed by atoms with Crippen LogP contribution in [-0.4, -0.2) is 22.3 Å². The first-order valence-corrected chi connectivity index (χ1v) is 6.99. The summed E-state index contributed by atoms with van der Waals surface area (Å²) in [4.78, 5) is 16.4. The Bertz CT molecular complexity index is 369. The van der Waals surface area contributed by atoms with Gasteiger partial charge in [-0.3, -0.25) is 9.78 Å². The number of nitrogens with one attached hydrogen (secondary N) is 1. The van der Waals surface area contributed by atoms with Gasteiger partial charge in [-0.1, -0.05) is 22.4 Å². The van der Waals surface area contributed by atoms with Crippen molar-refractivity contribution in [2.45, 2.75) is 30.5 Å². The summed E-state index contributed by atoms with van der Waals surface area (Å²) in [6.45, 7) is 0.774. The fourth-order valence-electron chi connectivity index (χ4n) is 2.25. The Morgan fingerprint density at radius 2 is 2.41 bits per heavy atom. The topological polar surface area (TPSA) is 42.0 Å². The molecule has 1 saturated carbocycles. The van der Waals surface area contributed by atoms with Gasteiger partial charge in [0.25, 0.3) is 5.91 Å². The van der Waals surface area contributed by atoms with Crippen LogP contribution in [0.2, 0.25) is 0 Å². The van der Waals surface area contributed by atoms with E-state index < -0.39 is 0 Å². The molecule has 0 aliphatic heterocycles. The fraction of sp³-hybridized carbons (Fsp3) is 0.538. The quantitative estimate of drug-likeness (QED) is 0.872. The molecule has 0 saturated heterocycles. The standard InChI is InChI=1S/C13H17BrN2O/c14-12-5-1-3-10(7-12)8-16-13(17)11-4-2-6-15-9-11/h2,4,6,9-10,12H,1,3,5,7-8H2,(H,16,17). The zero-order chi connectivity index (χ0) is 12.1. The number of nitrogens with zero attached hydrogens (tertiary/aromatic N) is 1. The Labute approximate surface area is 110 Å². The number of halogens is 1. The van der Waals surface area contributed by atoms with Crippen LogP contribution in [0, 0.1) is 5.92 Å². The lowest BCUT2D eigenvalue weighted by molar-refractivity contribution is 0.0943. The maximum Gasteiger partial charge on any atom is 0.252 e. The first-order valence-electron chi connectivity index (χ1n) is 6.08. The Morgan fingerprint density at radius 1 is 1.53 bits per heavy atom. The number of hydrogen-bond acceptors (Lipinski definition) is 2. The zero-order valence-corrected chi connectivity index (χ0v) is 11.3. The minimum Gasteiger partial charge on any atom is -0.352 e. The molecule has 1 heterocycles. The van der Waals surface area contributed by atoms with Crippen molar-refractivity contribution in [3.8, 4) is 0 Å². The first kappa shape index (κ1) is 12.6. The minimum absolute atomic E-state index is 0.0187. The van der Waals surface area contributed by atoms with E-state index in [4.69, 9.17) is 0 Å². The molecule has 2 unspecified atom stereocenters. The molecule has 0 spiro atoms. The summed E-state index contributed by atoms with van der Waals surface area (Å²) in [5.74, 6) is 0.587. The number of carbonyl (C=O) groups is 1. The maximum atomic E-state index is 11.8. The number of carbonyl (C=O) groups excluding carboxylic acids is 1. The lowest BCUT2D eigenvalue weighted by Gasteiger charge is -2.25. The molecule has 2 atom stereocenters. The Morgan fingerprint density at radius 3 is 3.12 bits per heavy atom. The first-order chi connectivity index (χ1) is 8.25. The van der Waals surface area contributed by atoms with Crippen molar-refractivity contribution in [3.63, 3.8) is 0 Å². The highest BCUT2D eigenvalue weighted by molar-refractivity contribution is 9.09. The van der Waals surface area contributed by atoms with Crippen molar-refractivity contribution in [2.75, 3.05) is 6.54 Å². The summed E-state index contributed by atoms with van der Waals surface area (Å²) in [5, 5.41) is 2.99. The second-order valence-corrected chi connectivity index (χ2v) is 5.88. The molecular formula is C13H17BrN2O. The third-order valence-electron chi connectivity index (χ3n) is 3.19. The summed E-state index contributed by atoms with van der Waals surface area (Å²) < 4.78 is 0. The highest BCUT2D eigenvalue weighted by Crippen LogP contribution is 2.28. The monoisotopic (exact) mass is 296 g/mol. The maximum absolute atomic E-state index is 11.8. The third kappa shape index (κ3) is 3.80. The van der Waals surface area contributed by atoms with Gasteiger partial charge < -0.3 is 5.32 Å². The number of pyridine rings is 1. The van der Waals surface area contributed by atoms with E-state index in [0.717, 1.165) is 13.0 Å². The molecular weight excluding hydrogens is 280 g/mol. The molecule has 1 fully saturated rings. The van der Waals surface area contributed by atoms with Gasteiger partial charge in [-0.15, -0.1) is 0 Å². The number of hydrogen-bond donors (Lipinski definition) is 1. The van der Waals surface area contributed by atoms with Gasteiger partial charge in [0.05, 0.1) is 5.56 Å². The molecule has 92 valence electrons. The largest absolute Gasteiger partial charge is 0.352 e. The number of alkyl halides is 1. The van der Waals surface area contributed by atoms with Crippen molar-refractivity contribution in [1.82, 2.24) is 10.3 Å². The van der Waals surface area contributed by atoms with E-state index in [1.54, 1.807) is 24.5 Å². The summed E-state index contributed by atoms with van der Waals surface area (Å²) in [5.41, 5.74) is 0.638. The number of aromatic nitrogens is 1. The normalized spacial score (nSPS) is 24.3. The van der Waals surface area contributed by atoms with Crippen LogP contribution in [0.4, 0.5) is 0 Å². The summed E-state index contributed by atoms with van der Waals surface area (Å²) >= 11 is 3.66. The molecule has 1 N–H and O–H groups in total. The van der Waals surface area contributed by atoms with Crippen LogP contribution in [0.3, 0.4) is 0 Å². The molecule has 4 heteroatoms. The van der Waals surface area contributed by atoms with E-state index in [9.17, 15) is 4.79 Å². The lowest BCUT2D eigenvalue weighted by atomic mass is 9.89. The van der Waals surface area contributed by atoms with Crippen LogP contribution in [0.5, 0.6) is 0 Å². The molecule has 0 radical (unpaired) electrons. The van der Waals surface area contributed by atoms with Gasteiger partial charge in [-0.25, -0.2) is 0 Å². The van der Waals surface area contributed by atoms with E-state index in [-0.39, 0.29) is 5.91 Å². The molecule has 0 aromatic carbocycles. The van der Waals surface area contributed by atoms with Crippen molar-refractivity contribution in [2.24, 2.45) is 5.92 Å². The van der Waals surface area contributed by atoms with E-state index in [1.165, 1.54) is 19.3 Å². The summed E-state index contributed by atoms with van der Waals surface area (Å²) in [7, 11) is 0. The van der Waals surface area contributed by atoms with E-state index >= 15 is 0 Å². The number of rotatable bonds is 3. The average molecular weight is 297 g/mol. The van der Waals surface area contributed by atoms with E-state index in [1.807, 2.05) is 0 Å². The fourth-order valence-corrected chi connectivity index (χ4v) is 3.10. The highest BCUT2D eigenvalue weighted by Gasteiger charge is 2.20. The van der Waals surface area contributed by atoms with Crippen LogP contribution in [0.1, 0.15) is 36.0 Å². The zero-order valence-electron chi connectivity index (χ0n) is 9.73. The Kier molecular flexibility index (Phi) is 4.54. The molecule has 1 aromatic rings. The van der Waals surface area contributed by atoms with Crippen molar-refractivity contribution >= 4 is 21.8 Å². The minimum atomic E-state index is -0.0187. The van der Waals surface area contributed by atoms with Crippen molar-refractivity contribution < 1.29 is 4.79 Å². The van der Waals surface area contributed by atoms with Gasteiger partial charge in [-0.2, -0.15) is 0 Å². The van der Waals surface area contributed by atoms with Gasteiger partial charge in [-0.05, 0) is 37.3 Å². The smallest absolute Gasteiger partial charge is 0.252 e. The highest BCUT2D eigenvalue weighted by atomic mass is 79.9. The molecule has 17 heavy (non-hydrogen) atoms. The molecule has 3 nitrogen and oxygen atoms in total. The van der Waals surface area contributed by atoms with Gasteiger partial charge >= 0.3 is 0 Å². The molecule has 1 amide bonds. The molecule has 1 aromatic heterocycles. The predicted molar refractivity (Wildman–Crippen MR) is 71.2 cm³/mol.